The molecule has 1 fully saturated rings. The van der Waals surface area contributed by atoms with Crippen LogP contribution in [-0.2, 0) is 0 Å². The van der Waals surface area contributed by atoms with Crippen molar-refractivity contribution in [1.29, 1.82) is 0 Å². The van der Waals surface area contributed by atoms with Crippen LogP contribution in [0.5, 0.6) is 11.5 Å². The van der Waals surface area contributed by atoms with Gasteiger partial charge in [-0.05, 0) is 18.6 Å². The summed E-state index contributed by atoms with van der Waals surface area (Å²) in [5.41, 5.74) is 0.465. The zero-order valence-electron chi connectivity index (χ0n) is 12.6. The minimum Gasteiger partial charge on any atom is -0.496 e. The third-order valence-corrected chi connectivity index (χ3v) is 3.91. The molecule has 1 aliphatic rings. The zero-order chi connectivity index (χ0) is 15.5. The van der Waals surface area contributed by atoms with E-state index in [9.17, 15) is 4.79 Å². The molecule has 2 heterocycles. The van der Waals surface area contributed by atoms with Crippen LogP contribution in [0.1, 0.15) is 22.8 Å². The summed E-state index contributed by atoms with van der Waals surface area (Å²) >= 11 is 0. The number of aromatic nitrogens is 3. The van der Waals surface area contributed by atoms with Gasteiger partial charge in [-0.25, -0.2) is 4.68 Å². The molecule has 0 bridgehead atoms. The number of methoxy groups -OCH3 is 2. The molecule has 2 aromatic rings. The maximum Gasteiger partial charge on any atom is 0.261 e. The molecule has 1 unspecified atom stereocenters. The van der Waals surface area contributed by atoms with E-state index in [-0.39, 0.29) is 11.9 Å². The van der Waals surface area contributed by atoms with E-state index in [2.05, 4.69) is 10.3 Å². The quantitative estimate of drug-likeness (QED) is 0.853. The lowest BCUT2D eigenvalue weighted by atomic mass is 10.1. The van der Waals surface area contributed by atoms with E-state index in [4.69, 9.17) is 9.47 Å². The average Bonchev–Trinajstić information content (AvgIpc) is 3.23. The number of amides is 1. The number of nitrogens with zero attached hydrogens (tertiary/aromatic N) is 4. The fourth-order valence-electron chi connectivity index (χ4n) is 2.77. The van der Waals surface area contributed by atoms with E-state index < -0.39 is 0 Å². The summed E-state index contributed by atoms with van der Waals surface area (Å²) in [6, 6.07) is 5.49. The second-order valence-corrected chi connectivity index (χ2v) is 5.11. The fourth-order valence-corrected chi connectivity index (χ4v) is 2.77. The molecule has 0 spiro atoms. The number of rotatable bonds is 4. The molecule has 1 saturated heterocycles. The predicted molar refractivity (Wildman–Crippen MR) is 79.1 cm³/mol. The average molecular weight is 302 g/mol. The Balaban J connectivity index is 1.83. The van der Waals surface area contributed by atoms with Crippen molar-refractivity contribution in [3.63, 3.8) is 0 Å². The van der Waals surface area contributed by atoms with E-state index in [1.165, 1.54) is 0 Å². The van der Waals surface area contributed by atoms with Crippen molar-refractivity contribution in [2.75, 3.05) is 27.3 Å². The highest BCUT2D eigenvalue weighted by Gasteiger charge is 2.31. The second kappa shape index (κ2) is 6.05. The lowest BCUT2D eigenvalue weighted by molar-refractivity contribution is 0.0780. The molecule has 7 heteroatoms. The Hall–Kier alpha value is -2.57. The molecular weight excluding hydrogens is 284 g/mol. The number of benzene rings is 1. The summed E-state index contributed by atoms with van der Waals surface area (Å²) in [5.74, 6) is 0.957. The molecule has 0 aliphatic carbocycles. The monoisotopic (exact) mass is 302 g/mol. The van der Waals surface area contributed by atoms with E-state index in [0.717, 1.165) is 6.42 Å². The largest absolute Gasteiger partial charge is 0.496 e. The lowest BCUT2D eigenvalue weighted by Gasteiger charge is -2.19. The predicted octanol–water partition coefficient (Wildman–Crippen LogP) is 1.38. The summed E-state index contributed by atoms with van der Waals surface area (Å²) in [6.07, 6.45) is 4.32. The van der Waals surface area contributed by atoms with Gasteiger partial charge in [0.2, 0.25) is 0 Å². The highest BCUT2D eigenvalue weighted by atomic mass is 16.5. The number of hydrogen-bond acceptors (Lipinski definition) is 5. The Morgan fingerprint density at radius 3 is 2.59 bits per heavy atom. The van der Waals surface area contributed by atoms with Crippen LogP contribution in [0.4, 0.5) is 0 Å². The third kappa shape index (κ3) is 2.49. The van der Waals surface area contributed by atoms with Gasteiger partial charge in [-0.2, -0.15) is 0 Å². The summed E-state index contributed by atoms with van der Waals surface area (Å²) in [4.78, 5) is 14.6. The molecule has 1 atom stereocenters. The molecule has 0 saturated carbocycles. The molecule has 22 heavy (non-hydrogen) atoms. The molecule has 3 rings (SSSR count). The molecule has 1 aromatic carbocycles. The van der Waals surface area contributed by atoms with Gasteiger partial charge >= 0.3 is 0 Å². The van der Waals surface area contributed by atoms with Crippen LogP contribution in [0, 0.1) is 0 Å². The molecular formula is C15H18N4O3. The maximum atomic E-state index is 12.8. The van der Waals surface area contributed by atoms with Gasteiger partial charge in [0.25, 0.3) is 5.91 Å². The van der Waals surface area contributed by atoms with Crippen LogP contribution in [0.25, 0.3) is 0 Å². The Kier molecular flexibility index (Phi) is 3.95. The summed E-state index contributed by atoms with van der Waals surface area (Å²) in [5, 5.41) is 7.83. The van der Waals surface area contributed by atoms with Crippen molar-refractivity contribution in [3.05, 3.63) is 36.2 Å². The minimum absolute atomic E-state index is 0.0862. The Morgan fingerprint density at radius 2 is 2.00 bits per heavy atom. The summed E-state index contributed by atoms with van der Waals surface area (Å²) < 4.78 is 12.4. The summed E-state index contributed by atoms with van der Waals surface area (Å²) in [7, 11) is 3.10. The van der Waals surface area contributed by atoms with Crippen LogP contribution in [-0.4, -0.2) is 53.1 Å². The molecule has 1 aromatic heterocycles. The Bertz CT molecular complexity index is 635. The zero-order valence-corrected chi connectivity index (χ0v) is 12.6. The fraction of sp³-hybridized carbons (Fsp3) is 0.400. The number of carbonyl (C=O) groups excluding carboxylic acids is 1. The van der Waals surface area contributed by atoms with Crippen molar-refractivity contribution < 1.29 is 14.3 Å². The van der Waals surface area contributed by atoms with Crippen LogP contribution < -0.4 is 9.47 Å². The molecule has 1 aliphatic heterocycles. The van der Waals surface area contributed by atoms with Gasteiger partial charge in [0.15, 0.2) is 0 Å². The van der Waals surface area contributed by atoms with Crippen molar-refractivity contribution in [2.45, 2.75) is 12.5 Å². The Labute approximate surface area is 128 Å². The third-order valence-electron chi connectivity index (χ3n) is 3.91. The van der Waals surface area contributed by atoms with Crippen LogP contribution >= 0.6 is 0 Å². The van der Waals surface area contributed by atoms with Gasteiger partial charge in [0, 0.05) is 19.3 Å². The van der Waals surface area contributed by atoms with Gasteiger partial charge in [-0.1, -0.05) is 11.3 Å². The highest BCUT2D eigenvalue weighted by Crippen LogP contribution is 2.31. The van der Waals surface area contributed by atoms with Crippen LogP contribution in [0.15, 0.2) is 30.6 Å². The normalized spacial score (nSPS) is 17.5. The van der Waals surface area contributed by atoms with Gasteiger partial charge in [-0.3, -0.25) is 4.79 Å². The van der Waals surface area contributed by atoms with Gasteiger partial charge < -0.3 is 14.4 Å². The molecule has 7 nitrogen and oxygen atoms in total. The van der Waals surface area contributed by atoms with Crippen LogP contribution in [0.3, 0.4) is 0 Å². The van der Waals surface area contributed by atoms with E-state index in [1.807, 2.05) is 6.20 Å². The molecule has 0 radical (unpaired) electrons. The first-order chi connectivity index (χ1) is 10.7. The standard InChI is InChI=1S/C15H18N4O3/c1-21-12-4-3-5-13(22-2)14(12)15(20)18-8-6-11(10-18)19-9-7-16-17-19/h3-5,7,9,11H,6,8,10H2,1-2H3. The first kappa shape index (κ1) is 14.4. The first-order valence-corrected chi connectivity index (χ1v) is 7.10. The number of likely N-dealkylation sites (tertiary alicyclic amines) is 1. The van der Waals surface area contributed by atoms with E-state index in [0.29, 0.717) is 30.2 Å². The van der Waals surface area contributed by atoms with Gasteiger partial charge in [0.05, 0.1) is 26.5 Å². The molecule has 0 N–H and O–H groups in total. The minimum atomic E-state index is -0.0862. The lowest BCUT2D eigenvalue weighted by Crippen LogP contribution is -2.30. The maximum absolute atomic E-state index is 12.8. The first-order valence-electron chi connectivity index (χ1n) is 7.10. The summed E-state index contributed by atoms with van der Waals surface area (Å²) in [6.45, 7) is 1.27. The van der Waals surface area contributed by atoms with Crippen molar-refractivity contribution in [2.24, 2.45) is 0 Å². The van der Waals surface area contributed by atoms with Crippen molar-refractivity contribution in [3.8, 4) is 11.5 Å². The molecule has 116 valence electrons. The van der Waals surface area contributed by atoms with Crippen LogP contribution in [0.2, 0.25) is 0 Å². The number of hydrogen-bond donors (Lipinski definition) is 0. The Morgan fingerprint density at radius 1 is 1.27 bits per heavy atom. The van der Waals surface area contributed by atoms with Gasteiger partial charge in [0.1, 0.15) is 17.1 Å². The smallest absolute Gasteiger partial charge is 0.261 e. The topological polar surface area (TPSA) is 69.5 Å². The second-order valence-electron chi connectivity index (χ2n) is 5.11. The van der Waals surface area contributed by atoms with Gasteiger partial charge in [-0.15, -0.1) is 5.10 Å². The highest BCUT2D eigenvalue weighted by molar-refractivity contribution is 5.99. The van der Waals surface area contributed by atoms with Crippen molar-refractivity contribution in [1.82, 2.24) is 19.9 Å². The van der Waals surface area contributed by atoms with Crippen molar-refractivity contribution >= 4 is 5.91 Å². The SMILES string of the molecule is COc1cccc(OC)c1C(=O)N1CCC(n2ccnn2)C1. The number of carbonyl (C=O) groups is 1. The molecule has 1 amide bonds. The van der Waals surface area contributed by atoms with E-state index in [1.54, 1.807) is 48.2 Å². The number of ether oxygens (including phenoxy) is 2. The van der Waals surface area contributed by atoms with E-state index >= 15 is 0 Å².